The number of rotatable bonds is 2. The highest BCUT2D eigenvalue weighted by atomic mass is 19.2. The Bertz CT molecular complexity index is 1440. The summed E-state index contributed by atoms with van der Waals surface area (Å²) in [6.07, 6.45) is 0. The number of halogens is 4. The van der Waals surface area contributed by atoms with Crippen LogP contribution in [-0.4, -0.2) is 34.4 Å². The smallest absolute Gasteiger partial charge is 0.270 e. The molecule has 1 aliphatic rings. The normalized spacial score (nSPS) is 15.8. The highest BCUT2D eigenvalue weighted by Crippen LogP contribution is 2.34. The van der Waals surface area contributed by atoms with Gasteiger partial charge in [-0.05, 0) is 29.7 Å². The van der Waals surface area contributed by atoms with Gasteiger partial charge in [0.05, 0.1) is 24.6 Å². The number of benzene rings is 2. The van der Waals surface area contributed by atoms with E-state index in [1.54, 1.807) is 0 Å². The molecule has 0 saturated heterocycles. The summed E-state index contributed by atoms with van der Waals surface area (Å²) >= 11 is 0. The van der Waals surface area contributed by atoms with Crippen LogP contribution in [0.1, 0.15) is 27.8 Å². The van der Waals surface area contributed by atoms with Gasteiger partial charge in [-0.3, -0.25) is 9.59 Å². The zero-order valence-corrected chi connectivity index (χ0v) is 16.6. The third-order valence-electron chi connectivity index (χ3n) is 5.72. The molecule has 1 unspecified atom stereocenters. The van der Waals surface area contributed by atoms with Crippen molar-refractivity contribution in [2.45, 2.75) is 12.6 Å². The van der Waals surface area contributed by atoms with E-state index in [1.165, 1.54) is 18.0 Å². The quantitative estimate of drug-likeness (QED) is 0.460. The number of carbonyl (C=O) groups excluding carboxylic acids is 1. The summed E-state index contributed by atoms with van der Waals surface area (Å²) in [5.41, 5.74) is 0.508. The highest BCUT2D eigenvalue weighted by molar-refractivity contribution is 5.98. The molecule has 0 bridgehead atoms. The van der Waals surface area contributed by atoms with Crippen LogP contribution in [0.3, 0.4) is 0 Å². The lowest BCUT2D eigenvalue weighted by molar-refractivity contribution is 0.0333. The van der Waals surface area contributed by atoms with Gasteiger partial charge in [-0.2, -0.15) is 0 Å². The van der Waals surface area contributed by atoms with E-state index in [0.717, 1.165) is 24.3 Å². The van der Waals surface area contributed by atoms with Crippen molar-refractivity contribution in [3.8, 4) is 0 Å². The Labute approximate surface area is 177 Å². The number of nitrogens with zero attached hydrogens (tertiary/aromatic N) is 1. The van der Waals surface area contributed by atoms with Crippen LogP contribution in [0.2, 0.25) is 0 Å². The number of carbonyl (C=O) groups is 1. The lowest BCUT2D eigenvalue weighted by Gasteiger charge is -2.33. The zero-order chi connectivity index (χ0) is 22.7. The number of pyridine rings is 1. The molecule has 1 amide bonds. The SMILES string of the molecule is CN(C(=O)c1cc2cc(F)c(F)cc2[nH]1)C1COCc2[nH]c(=O)c3cc(F)c(F)cc3c21. The molecule has 2 aromatic heterocycles. The van der Waals surface area contributed by atoms with Gasteiger partial charge in [0.25, 0.3) is 11.5 Å². The van der Waals surface area contributed by atoms with Crippen LogP contribution < -0.4 is 5.56 Å². The van der Waals surface area contributed by atoms with Gasteiger partial charge in [0.1, 0.15) is 5.69 Å². The number of amides is 1. The number of H-pyrrole nitrogens is 2. The van der Waals surface area contributed by atoms with Gasteiger partial charge in [0.2, 0.25) is 0 Å². The third-order valence-corrected chi connectivity index (χ3v) is 5.72. The average molecular weight is 445 g/mol. The van der Waals surface area contributed by atoms with Crippen LogP contribution >= 0.6 is 0 Å². The molecule has 0 saturated carbocycles. The molecule has 4 aromatic rings. The Morgan fingerprint density at radius 1 is 0.969 bits per heavy atom. The molecule has 164 valence electrons. The third kappa shape index (κ3) is 3.06. The lowest BCUT2D eigenvalue weighted by atomic mass is 9.95. The molecule has 5 rings (SSSR count). The van der Waals surface area contributed by atoms with Crippen LogP contribution in [0.4, 0.5) is 17.6 Å². The van der Waals surface area contributed by atoms with Gasteiger partial charge in [-0.1, -0.05) is 0 Å². The number of aromatic nitrogens is 2. The molecule has 32 heavy (non-hydrogen) atoms. The molecule has 1 atom stereocenters. The van der Waals surface area contributed by atoms with Gasteiger partial charge in [0, 0.05) is 35.3 Å². The minimum atomic E-state index is -1.16. The Morgan fingerprint density at radius 3 is 2.38 bits per heavy atom. The van der Waals surface area contributed by atoms with Gasteiger partial charge in [0.15, 0.2) is 23.3 Å². The molecule has 0 fully saturated rings. The maximum atomic E-state index is 14.0. The van der Waals surface area contributed by atoms with E-state index in [1.807, 2.05) is 0 Å². The predicted molar refractivity (Wildman–Crippen MR) is 107 cm³/mol. The molecule has 6 nitrogen and oxygen atoms in total. The van der Waals surface area contributed by atoms with E-state index >= 15 is 0 Å². The van der Waals surface area contributed by atoms with Crippen molar-refractivity contribution in [1.82, 2.24) is 14.9 Å². The van der Waals surface area contributed by atoms with Crippen molar-refractivity contribution in [2.24, 2.45) is 0 Å². The van der Waals surface area contributed by atoms with Crippen molar-refractivity contribution in [1.29, 1.82) is 0 Å². The first-order valence-corrected chi connectivity index (χ1v) is 9.61. The molecular formula is C22H15F4N3O3. The summed E-state index contributed by atoms with van der Waals surface area (Å²) in [4.78, 5) is 32.2. The molecule has 2 N–H and O–H groups in total. The fourth-order valence-electron chi connectivity index (χ4n) is 4.12. The second-order valence-electron chi connectivity index (χ2n) is 7.64. The van der Waals surface area contributed by atoms with Crippen LogP contribution in [0.15, 0.2) is 35.1 Å². The molecule has 3 heterocycles. The summed E-state index contributed by atoms with van der Waals surface area (Å²) in [5.74, 6) is -4.89. The standard InChI is InChI=1S/C22H15F4N3O3/c1-29(22(31)17-3-9-2-12(23)15(26)6-16(9)27-17)19-8-32-7-18-20(19)10-4-13(24)14(25)5-11(10)21(30)28-18/h2-6,19,27H,7-8H2,1H3,(H,28,30). The fourth-order valence-corrected chi connectivity index (χ4v) is 4.12. The van der Waals surface area contributed by atoms with E-state index < -0.39 is 40.8 Å². The monoisotopic (exact) mass is 445 g/mol. The zero-order valence-electron chi connectivity index (χ0n) is 16.6. The van der Waals surface area contributed by atoms with E-state index in [0.29, 0.717) is 16.6 Å². The molecular weight excluding hydrogens is 430 g/mol. The lowest BCUT2D eigenvalue weighted by Crippen LogP contribution is -2.37. The molecule has 0 spiro atoms. The first-order chi connectivity index (χ1) is 15.2. The maximum Gasteiger partial charge on any atom is 0.270 e. The number of nitrogens with one attached hydrogen (secondary N) is 2. The molecule has 1 aliphatic heterocycles. The number of fused-ring (bicyclic) bond motifs is 4. The van der Waals surface area contributed by atoms with Crippen LogP contribution in [0, 0.1) is 23.3 Å². The highest BCUT2D eigenvalue weighted by Gasteiger charge is 2.32. The second kappa shape index (κ2) is 7.20. The van der Waals surface area contributed by atoms with Crippen molar-refractivity contribution in [3.05, 3.63) is 80.9 Å². The van der Waals surface area contributed by atoms with Gasteiger partial charge in [-0.25, -0.2) is 17.6 Å². The second-order valence-corrected chi connectivity index (χ2v) is 7.64. The van der Waals surface area contributed by atoms with E-state index in [4.69, 9.17) is 4.74 Å². The maximum absolute atomic E-state index is 14.0. The number of ether oxygens (including phenoxy) is 1. The number of likely N-dealkylation sites (N-methyl/N-ethyl adjacent to an activating group) is 1. The Hall–Kier alpha value is -3.66. The van der Waals surface area contributed by atoms with Gasteiger partial charge < -0.3 is 19.6 Å². The van der Waals surface area contributed by atoms with E-state index in [2.05, 4.69) is 9.97 Å². The number of hydrogen-bond donors (Lipinski definition) is 2. The van der Waals surface area contributed by atoms with Crippen LogP contribution in [0.5, 0.6) is 0 Å². The minimum Gasteiger partial charge on any atom is -0.373 e. The number of hydrogen-bond acceptors (Lipinski definition) is 3. The van der Waals surface area contributed by atoms with Gasteiger partial charge >= 0.3 is 0 Å². The van der Waals surface area contributed by atoms with Crippen molar-refractivity contribution in [3.63, 3.8) is 0 Å². The summed E-state index contributed by atoms with van der Waals surface area (Å²) in [5, 5.41) is 0.441. The van der Waals surface area contributed by atoms with Crippen LogP contribution in [-0.2, 0) is 11.3 Å². The van der Waals surface area contributed by atoms with Crippen molar-refractivity contribution in [2.75, 3.05) is 13.7 Å². The first-order valence-electron chi connectivity index (χ1n) is 9.61. The predicted octanol–water partition coefficient (Wildman–Crippen LogP) is 3.91. The summed E-state index contributed by atoms with van der Waals surface area (Å²) in [6, 6.07) is 4.34. The number of aromatic amines is 2. The van der Waals surface area contributed by atoms with Crippen LogP contribution in [0.25, 0.3) is 21.7 Å². The first kappa shape index (κ1) is 20.3. The Morgan fingerprint density at radius 2 is 1.62 bits per heavy atom. The summed E-state index contributed by atoms with van der Waals surface area (Å²) < 4.78 is 60.3. The summed E-state index contributed by atoms with van der Waals surface area (Å²) in [7, 11) is 1.48. The molecule has 10 heteroatoms. The topological polar surface area (TPSA) is 78.2 Å². The average Bonchev–Trinajstić information content (AvgIpc) is 3.16. The Balaban J connectivity index is 1.61. The Kier molecular flexibility index (Phi) is 4.55. The van der Waals surface area contributed by atoms with Gasteiger partial charge in [-0.15, -0.1) is 0 Å². The fraction of sp³-hybridized carbons (Fsp3) is 0.182. The van der Waals surface area contributed by atoms with Crippen molar-refractivity contribution < 1.29 is 27.1 Å². The minimum absolute atomic E-state index is 0.0307. The van der Waals surface area contributed by atoms with Crippen molar-refractivity contribution >= 4 is 27.6 Å². The van der Waals surface area contributed by atoms with E-state index in [-0.39, 0.29) is 35.2 Å². The summed E-state index contributed by atoms with van der Waals surface area (Å²) in [6.45, 7) is 0.0713. The molecule has 0 radical (unpaired) electrons. The largest absolute Gasteiger partial charge is 0.373 e. The molecule has 2 aromatic carbocycles. The van der Waals surface area contributed by atoms with E-state index in [9.17, 15) is 27.2 Å². The molecule has 0 aliphatic carbocycles.